The van der Waals surface area contributed by atoms with E-state index in [1.807, 2.05) is 49.4 Å². The first-order valence-corrected chi connectivity index (χ1v) is 6.31. The third-order valence-electron chi connectivity index (χ3n) is 2.76. The summed E-state index contributed by atoms with van der Waals surface area (Å²) in [5, 5.41) is 11.8. The fraction of sp³-hybridized carbons (Fsp3) is 0.143. The van der Waals surface area contributed by atoms with E-state index in [1.54, 1.807) is 10.9 Å². The van der Waals surface area contributed by atoms with Crippen molar-refractivity contribution in [2.45, 2.75) is 6.92 Å². The lowest BCUT2D eigenvalue weighted by Crippen LogP contribution is -2.01. The van der Waals surface area contributed by atoms with Gasteiger partial charge in [0.1, 0.15) is 11.4 Å². The summed E-state index contributed by atoms with van der Waals surface area (Å²) in [5.41, 5.74) is 1.59. The van der Waals surface area contributed by atoms with Crippen LogP contribution in [0.2, 0.25) is 0 Å². The van der Waals surface area contributed by atoms with Crippen molar-refractivity contribution in [2.75, 3.05) is 6.61 Å². The molecule has 0 aliphatic heterocycles. The minimum atomic E-state index is 0.606. The van der Waals surface area contributed by atoms with Crippen LogP contribution in [0.3, 0.4) is 0 Å². The fourth-order valence-electron chi connectivity index (χ4n) is 1.87. The first kappa shape index (κ1) is 12.3. The molecule has 0 saturated heterocycles. The van der Waals surface area contributed by atoms with E-state index >= 15 is 0 Å². The number of hydrogen-bond acceptors (Lipinski definition) is 5. The monoisotopic (exact) mass is 267 g/mol. The van der Waals surface area contributed by atoms with Crippen molar-refractivity contribution in [3.05, 3.63) is 48.7 Å². The number of aromatic nitrogens is 5. The largest absolute Gasteiger partial charge is 0.494 e. The van der Waals surface area contributed by atoms with E-state index in [1.165, 1.54) is 0 Å². The summed E-state index contributed by atoms with van der Waals surface area (Å²) in [6.07, 6.45) is 1.71. The second-order valence-corrected chi connectivity index (χ2v) is 4.06. The smallest absolute Gasteiger partial charge is 0.205 e. The highest BCUT2D eigenvalue weighted by atomic mass is 16.5. The Morgan fingerprint density at radius 2 is 1.95 bits per heavy atom. The Morgan fingerprint density at radius 1 is 1.10 bits per heavy atom. The Kier molecular flexibility index (Phi) is 3.36. The first-order chi connectivity index (χ1) is 9.88. The average molecular weight is 267 g/mol. The van der Waals surface area contributed by atoms with Crippen molar-refractivity contribution < 1.29 is 4.74 Å². The Labute approximate surface area is 116 Å². The lowest BCUT2D eigenvalue weighted by Gasteiger charge is -2.06. The standard InChI is InChI=1S/C14H13N5O/c1-2-20-12-8-6-11(7-9-12)19-14(16-17-18-19)13-5-3-4-10-15-13/h3-10H,2H2,1H3. The lowest BCUT2D eigenvalue weighted by atomic mass is 10.3. The molecule has 0 aliphatic rings. The molecule has 0 N–H and O–H groups in total. The molecule has 0 spiro atoms. The third kappa shape index (κ3) is 2.35. The van der Waals surface area contributed by atoms with Gasteiger partial charge in [-0.15, -0.1) is 5.10 Å². The minimum absolute atomic E-state index is 0.606. The molecule has 0 aliphatic carbocycles. The van der Waals surface area contributed by atoms with Gasteiger partial charge in [-0.1, -0.05) is 6.07 Å². The molecule has 0 amide bonds. The molecule has 6 heteroatoms. The number of hydrogen-bond donors (Lipinski definition) is 0. The lowest BCUT2D eigenvalue weighted by molar-refractivity contribution is 0.340. The van der Waals surface area contributed by atoms with Crippen LogP contribution in [0.15, 0.2) is 48.7 Å². The van der Waals surface area contributed by atoms with Crippen LogP contribution in [0.25, 0.3) is 17.2 Å². The summed E-state index contributed by atoms with van der Waals surface area (Å²) < 4.78 is 7.07. The maximum atomic E-state index is 5.42. The maximum Gasteiger partial charge on any atom is 0.205 e. The summed E-state index contributed by atoms with van der Waals surface area (Å²) >= 11 is 0. The normalized spacial score (nSPS) is 10.4. The second kappa shape index (κ2) is 5.48. The number of tetrazole rings is 1. The molecular formula is C14H13N5O. The maximum absolute atomic E-state index is 5.42. The Hall–Kier alpha value is -2.76. The van der Waals surface area contributed by atoms with Gasteiger partial charge in [0.25, 0.3) is 0 Å². The number of benzene rings is 1. The minimum Gasteiger partial charge on any atom is -0.494 e. The van der Waals surface area contributed by atoms with Crippen molar-refractivity contribution in [2.24, 2.45) is 0 Å². The van der Waals surface area contributed by atoms with E-state index in [-0.39, 0.29) is 0 Å². The zero-order valence-electron chi connectivity index (χ0n) is 11.0. The molecule has 1 aromatic carbocycles. The molecule has 0 fully saturated rings. The van der Waals surface area contributed by atoms with Gasteiger partial charge in [-0.05, 0) is 53.7 Å². The van der Waals surface area contributed by atoms with E-state index < -0.39 is 0 Å². The van der Waals surface area contributed by atoms with Crippen LogP contribution < -0.4 is 4.74 Å². The summed E-state index contributed by atoms with van der Waals surface area (Å²) in [6, 6.07) is 13.2. The van der Waals surface area contributed by atoms with Crippen LogP contribution in [-0.2, 0) is 0 Å². The third-order valence-corrected chi connectivity index (χ3v) is 2.76. The summed E-state index contributed by atoms with van der Waals surface area (Å²) in [5.74, 6) is 1.43. The molecule has 6 nitrogen and oxygen atoms in total. The van der Waals surface area contributed by atoms with Gasteiger partial charge in [0.05, 0.1) is 12.3 Å². The molecule has 0 radical (unpaired) electrons. The van der Waals surface area contributed by atoms with Crippen LogP contribution >= 0.6 is 0 Å². The number of pyridine rings is 1. The molecule has 3 rings (SSSR count). The number of nitrogens with zero attached hydrogens (tertiary/aromatic N) is 5. The first-order valence-electron chi connectivity index (χ1n) is 6.31. The molecule has 3 aromatic rings. The Bertz CT molecular complexity index is 678. The summed E-state index contributed by atoms with van der Waals surface area (Å²) in [6.45, 7) is 2.60. The highest BCUT2D eigenvalue weighted by Crippen LogP contribution is 2.19. The summed E-state index contributed by atoms with van der Waals surface area (Å²) in [7, 11) is 0. The van der Waals surface area contributed by atoms with Crippen molar-refractivity contribution in [1.29, 1.82) is 0 Å². The molecule has 0 atom stereocenters. The van der Waals surface area contributed by atoms with E-state index in [4.69, 9.17) is 4.74 Å². The van der Waals surface area contributed by atoms with Crippen molar-refractivity contribution in [3.8, 4) is 23.0 Å². The molecule has 2 aromatic heterocycles. The Morgan fingerprint density at radius 3 is 2.65 bits per heavy atom. The van der Waals surface area contributed by atoms with Crippen molar-refractivity contribution in [3.63, 3.8) is 0 Å². The zero-order chi connectivity index (χ0) is 13.8. The molecule has 0 bridgehead atoms. The molecular weight excluding hydrogens is 254 g/mol. The highest BCUT2D eigenvalue weighted by Gasteiger charge is 2.11. The van der Waals surface area contributed by atoms with Gasteiger partial charge in [-0.3, -0.25) is 4.98 Å². The SMILES string of the molecule is CCOc1ccc(-n2nnnc2-c2ccccn2)cc1. The second-order valence-electron chi connectivity index (χ2n) is 4.06. The van der Waals surface area contributed by atoms with Crippen LogP contribution in [-0.4, -0.2) is 31.8 Å². The highest BCUT2D eigenvalue weighted by molar-refractivity contribution is 5.52. The molecule has 2 heterocycles. The quantitative estimate of drug-likeness (QED) is 0.724. The van der Waals surface area contributed by atoms with Crippen molar-refractivity contribution in [1.82, 2.24) is 25.2 Å². The molecule has 100 valence electrons. The Balaban J connectivity index is 1.97. The van der Waals surface area contributed by atoms with Gasteiger partial charge < -0.3 is 4.74 Å². The van der Waals surface area contributed by atoms with Gasteiger partial charge in [0, 0.05) is 6.20 Å². The van der Waals surface area contributed by atoms with E-state index in [2.05, 4.69) is 20.5 Å². The van der Waals surface area contributed by atoms with E-state index in [0.717, 1.165) is 17.1 Å². The van der Waals surface area contributed by atoms with Crippen LogP contribution in [0.5, 0.6) is 5.75 Å². The predicted octanol–water partition coefficient (Wildman–Crippen LogP) is 2.12. The van der Waals surface area contributed by atoms with Gasteiger partial charge in [-0.2, -0.15) is 4.68 Å². The van der Waals surface area contributed by atoms with Gasteiger partial charge in [-0.25, -0.2) is 0 Å². The van der Waals surface area contributed by atoms with E-state index in [0.29, 0.717) is 12.4 Å². The van der Waals surface area contributed by atoms with E-state index in [9.17, 15) is 0 Å². The van der Waals surface area contributed by atoms with Crippen LogP contribution in [0.1, 0.15) is 6.92 Å². The topological polar surface area (TPSA) is 65.7 Å². The van der Waals surface area contributed by atoms with Crippen LogP contribution in [0.4, 0.5) is 0 Å². The summed E-state index contributed by atoms with van der Waals surface area (Å²) in [4.78, 5) is 4.27. The average Bonchev–Trinajstić information content (AvgIpc) is 2.99. The number of ether oxygens (including phenoxy) is 1. The molecule has 0 unspecified atom stereocenters. The van der Waals surface area contributed by atoms with Gasteiger partial charge >= 0.3 is 0 Å². The van der Waals surface area contributed by atoms with Crippen molar-refractivity contribution >= 4 is 0 Å². The van der Waals surface area contributed by atoms with Crippen LogP contribution in [0, 0.1) is 0 Å². The van der Waals surface area contributed by atoms with Gasteiger partial charge in [0.2, 0.25) is 5.82 Å². The fourth-order valence-corrected chi connectivity index (χ4v) is 1.87. The molecule has 0 saturated carbocycles. The predicted molar refractivity (Wildman–Crippen MR) is 73.6 cm³/mol. The number of rotatable bonds is 4. The molecule has 20 heavy (non-hydrogen) atoms. The zero-order valence-corrected chi connectivity index (χ0v) is 11.0. The van der Waals surface area contributed by atoms with Gasteiger partial charge in [0.15, 0.2) is 0 Å².